The van der Waals surface area contributed by atoms with Crippen molar-refractivity contribution in [1.82, 2.24) is 15.6 Å². The van der Waals surface area contributed by atoms with E-state index in [9.17, 15) is 14.0 Å². The number of hydrogen-bond acceptors (Lipinski definition) is 6. The van der Waals surface area contributed by atoms with Gasteiger partial charge >= 0.3 is 18.2 Å². The number of carboxylic acid groups (broad SMARTS) is 1. The van der Waals surface area contributed by atoms with Crippen molar-refractivity contribution >= 4 is 29.9 Å². The van der Waals surface area contributed by atoms with E-state index in [4.69, 9.17) is 14.7 Å². The number of unbranched alkanes of at least 4 members (excludes halogenated alkanes) is 1. The first kappa shape index (κ1) is 24.6. The molecule has 1 aromatic heterocycles. The molecule has 150 valence electrons. The Morgan fingerprint density at radius 2 is 2.07 bits per heavy atom. The minimum Gasteiger partial charge on any atom is -0.481 e. The van der Waals surface area contributed by atoms with E-state index in [0.29, 0.717) is 13.0 Å². The molecule has 8 nitrogen and oxygen atoms in total. The third kappa shape index (κ3) is 15.5. The van der Waals surface area contributed by atoms with Crippen LogP contribution in [0.2, 0.25) is 0 Å². The molecule has 1 aromatic rings. The summed E-state index contributed by atoms with van der Waals surface area (Å²) in [4.78, 5) is 41.8. The van der Waals surface area contributed by atoms with Gasteiger partial charge in [0.15, 0.2) is 0 Å². The van der Waals surface area contributed by atoms with Crippen molar-refractivity contribution in [3.63, 3.8) is 0 Å². The van der Waals surface area contributed by atoms with Crippen LogP contribution in [0.15, 0.2) is 18.3 Å². The van der Waals surface area contributed by atoms with Crippen LogP contribution in [0.4, 0.5) is 9.18 Å². The molecule has 3 N–H and O–H groups in total. The summed E-state index contributed by atoms with van der Waals surface area (Å²) in [5.74, 6) is 0.355. The summed E-state index contributed by atoms with van der Waals surface area (Å²) in [6.45, 7) is 2.35. The molecule has 0 aliphatic carbocycles. The third-order valence-corrected chi connectivity index (χ3v) is 4.34. The summed E-state index contributed by atoms with van der Waals surface area (Å²) in [5, 5.41) is 14.0. The highest BCUT2D eigenvalue weighted by Gasteiger charge is 2.08. The second-order valence-corrected chi connectivity index (χ2v) is 6.67. The van der Waals surface area contributed by atoms with E-state index in [1.54, 1.807) is 24.8 Å². The van der Waals surface area contributed by atoms with Gasteiger partial charge in [0, 0.05) is 31.0 Å². The van der Waals surface area contributed by atoms with Crippen molar-refractivity contribution in [3.8, 4) is 0 Å². The molecule has 0 bridgehead atoms. The fourth-order valence-electron chi connectivity index (χ4n) is 1.94. The van der Waals surface area contributed by atoms with E-state index >= 15 is 0 Å². The number of thioether (sulfide) groups is 1. The number of halogens is 1. The molecule has 0 fully saturated rings. The zero-order valence-corrected chi connectivity index (χ0v) is 15.9. The summed E-state index contributed by atoms with van der Waals surface area (Å²) in [7, 11) is 0. The highest BCUT2D eigenvalue weighted by Crippen LogP contribution is 2.13. The Balaban J connectivity index is 0.00000210. The zero-order valence-electron chi connectivity index (χ0n) is 15.1. The van der Waals surface area contributed by atoms with Gasteiger partial charge in [-0.1, -0.05) is 0 Å². The van der Waals surface area contributed by atoms with Crippen LogP contribution in [0, 0.1) is 5.95 Å². The van der Waals surface area contributed by atoms with Gasteiger partial charge in [-0.3, -0.25) is 4.79 Å². The maximum absolute atomic E-state index is 12.9. The quantitative estimate of drug-likeness (QED) is 0.384. The summed E-state index contributed by atoms with van der Waals surface area (Å²) in [6, 6.07) is 2.79. The Morgan fingerprint density at radius 3 is 2.70 bits per heavy atom. The molecule has 0 saturated carbocycles. The fraction of sp³-hybridized carbons (Fsp3) is 0.529. The molecule has 10 heteroatoms. The number of urea groups is 1. The normalized spacial score (nSPS) is 10.7. The number of aliphatic carboxylic acids is 1. The molecule has 0 radical (unpaired) electrons. The average Bonchev–Trinajstić information content (AvgIpc) is 2.60. The molecule has 1 unspecified atom stereocenters. The third-order valence-electron chi connectivity index (χ3n) is 3.23. The predicted octanol–water partition coefficient (Wildman–Crippen LogP) is 2.20. The van der Waals surface area contributed by atoms with Gasteiger partial charge in [0.1, 0.15) is 0 Å². The maximum atomic E-state index is 12.9. The molecular formula is C17H24FN3O5S. The van der Waals surface area contributed by atoms with Crippen molar-refractivity contribution in [3.05, 3.63) is 29.8 Å². The Labute approximate surface area is 161 Å². The van der Waals surface area contributed by atoms with Crippen molar-refractivity contribution in [2.75, 3.05) is 12.3 Å². The monoisotopic (exact) mass is 400 g/mol. The highest BCUT2D eigenvalue weighted by atomic mass is 32.2. The van der Waals surface area contributed by atoms with Gasteiger partial charge in [-0.25, -0.2) is 9.78 Å². The molecule has 27 heavy (non-hydrogen) atoms. The summed E-state index contributed by atoms with van der Waals surface area (Å²) < 4.78 is 12.9. The first-order valence-electron chi connectivity index (χ1n) is 8.32. The second-order valence-electron chi connectivity index (χ2n) is 5.56. The number of amides is 2. The molecule has 0 saturated heterocycles. The van der Waals surface area contributed by atoms with Gasteiger partial charge in [0.25, 0.3) is 0 Å². The van der Waals surface area contributed by atoms with Gasteiger partial charge < -0.3 is 15.7 Å². The number of nitrogens with zero attached hydrogens (tertiary/aromatic N) is 1. The number of hydrogen-bond donors (Lipinski definition) is 3. The Bertz CT molecular complexity index is 612. The average molecular weight is 400 g/mol. The smallest absolute Gasteiger partial charge is 0.373 e. The summed E-state index contributed by atoms with van der Waals surface area (Å²) in [6.07, 6.45) is 3.97. The molecule has 1 heterocycles. The lowest BCUT2D eigenvalue weighted by molar-refractivity contribution is -0.191. The Hall–Kier alpha value is -2.45. The molecule has 1 rings (SSSR count). The Morgan fingerprint density at radius 1 is 1.37 bits per heavy atom. The van der Waals surface area contributed by atoms with Crippen LogP contribution in [0.5, 0.6) is 0 Å². The van der Waals surface area contributed by atoms with Crippen LogP contribution < -0.4 is 10.6 Å². The van der Waals surface area contributed by atoms with Crippen molar-refractivity contribution in [2.24, 2.45) is 0 Å². The first-order valence-corrected chi connectivity index (χ1v) is 9.48. The number of carboxylic acids is 1. The van der Waals surface area contributed by atoms with E-state index in [2.05, 4.69) is 15.6 Å². The highest BCUT2D eigenvalue weighted by molar-refractivity contribution is 7.98. The van der Waals surface area contributed by atoms with Crippen molar-refractivity contribution in [1.29, 1.82) is 0 Å². The second kappa shape index (κ2) is 15.8. The van der Waals surface area contributed by atoms with Crippen molar-refractivity contribution < 1.29 is 28.7 Å². The topological polar surface area (TPSA) is 125 Å². The van der Waals surface area contributed by atoms with Crippen LogP contribution in [0.25, 0.3) is 0 Å². The molecule has 1 atom stereocenters. The maximum Gasteiger partial charge on any atom is 0.373 e. The molecule has 0 spiro atoms. The molecule has 0 aliphatic rings. The lowest BCUT2D eigenvalue weighted by atomic mass is 10.2. The largest absolute Gasteiger partial charge is 0.481 e. The first-order chi connectivity index (χ1) is 12.9. The number of nitrogens with one attached hydrogen (secondary N) is 2. The number of carbonyl (C=O) groups is 2. The molecule has 0 aromatic carbocycles. The minimum atomic E-state index is -0.865. The van der Waals surface area contributed by atoms with Crippen LogP contribution in [-0.4, -0.2) is 46.6 Å². The van der Waals surface area contributed by atoms with Crippen molar-refractivity contribution in [2.45, 2.75) is 44.4 Å². The number of rotatable bonds is 11. The number of aromatic nitrogens is 1. The number of carbonyl (C=O) groups excluding carboxylic acids is 3. The summed E-state index contributed by atoms with van der Waals surface area (Å²) in [5.41, 5.74) is 0.917. The Kier molecular flexibility index (Phi) is 14.3. The standard InChI is InChI=1S/C16H24FN3O3S.CO2/c1-12(4-5-15(21)22)20-16(23)19-7-2-3-9-24-11-13-6-8-18-14(17)10-13;2-1-3/h6,8,10,12H,2-5,7,9,11H2,1H3,(H,21,22)(H2,19,20,23);/i17-1;. The molecular weight excluding hydrogens is 376 g/mol. The predicted molar refractivity (Wildman–Crippen MR) is 97.5 cm³/mol. The lowest BCUT2D eigenvalue weighted by Crippen LogP contribution is -2.41. The van der Waals surface area contributed by atoms with Gasteiger partial charge in [-0.05, 0) is 49.6 Å². The lowest BCUT2D eigenvalue weighted by Gasteiger charge is -2.13. The van der Waals surface area contributed by atoms with Gasteiger partial charge in [-0.15, -0.1) is 0 Å². The van der Waals surface area contributed by atoms with Crippen LogP contribution in [0.3, 0.4) is 0 Å². The van der Waals surface area contributed by atoms with E-state index < -0.39 is 11.9 Å². The van der Waals surface area contributed by atoms with Gasteiger partial charge in [-0.2, -0.15) is 25.7 Å². The SMILES string of the molecule is CC(CCC(=O)O)NC(=O)NCCCCSCc1ccnc([18F])c1.O=C=O. The zero-order chi connectivity index (χ0) is 20.5. The van der Waals surface area contributed by atoms with Gasteiger partial charge in [0.05, 0.1) is 0 Å². The van der Waals surface area contributed by atoms with E-state index in [-0.39, 0.29) is 24.6 Å². The van der Waals surface area contributed by atoms with E-state index in [0.717, 1.165) is 29.9 Å². The summed E-state index contributed by atoms with van der Waals surface area (Å²) >= 11 is 1.72. The van der Waals surface area contributed by atoms with Crippen LogP contribution in [-0.2, 0) is 20.1 Å². The number of pyridine rings is 1. The van der Waals surface area contributed by atoms with E-state index in [1.807, 2.05) is 0 Å². The molecule has 0 aliphatic heterocycles. The molecule has 2 amide bonds. The minimum absolute atomic E-state index is 0.0417. The van der Waals surface area contributed by atoms with Crippen LogP contribution >= 0.6 is 11.8 Å². The van der Waals surface area contributed by atoms with Gasteiger partial charge in [0.2, 0.25) is 5.95 Å². The van der Waals surface area contributed by atoms with Crippen LogP contribution in [0.1, 0.15) is 38.2 Å². The fourth-order valence-corrected chi connectivity index (χ4v) is 2.91. The van der Waals surface area contributed by atoms with E-state index in [1.165, 1.54) is 12.3 Å².